The number of ether oxygens (including phenoxy) is 1. The van der Waals surface area contributed by atoms with E-state index >= 15 is 0 Å². The van der Waals surface area contributed by atoms with E-state index in [1.165, 1.54) is 37.3 Å². The Labute approximate surface area is 165 Å². The van der Waals surface area contributed by atoms with Gasteiger partial charge in [0.2, 0.25) is 0 Å². The third-order valence-electron chi connectivity index (χ3n) is 5.17. The van der Waals surface area contributed by atoms with Crippen LogP contribution in [-0.2, 0) is 13.1 Å². The van der Waals surface area contributed by atoms with Gasteiger partial charge in [0.1, 0.15) is 11.6 Å². The fraction of sp³-hybridized carbons (Fsp3) is 0.409. The first-order chi connectivity index (χ1) is 13.3. The van der Waals surface area contributed by atoms with Crippen LogP contribution in [0.1, 0.15) is 31.5 Å². The molecule has 2 aromatic carbocycles. The predicted molar refractivity (Wildman–Crippen MR) is 110 cm³/mol. The Hall–Kier alpha value is -2.04. The quantitative estimate of drug-likeness (QED) is 0.504. The highest BCUT2D eigenvalue weighted by atomic mass is 35.5. The summed E-state index contributed by atoms with van der Waals surface area (Å²) in [6, 6.07) is 16.1. The molecule has 0 aliphatic carbocycles. The highest BCUT2D eigenvalue weighted by molar-refractivity contribution is 6.32. The Morgan fingerprint density at radius 2 is 1.74 bits per heavy atom. The van der Waals surface area contributed by atoms with Crippen LogP contribution < -0.4 is 4.74 Å². The SMILES string of the molecule is Clc1ccccc1OCCCCn1c(CN2CCCC2)nc2ccccc21. The predicted octanol–water partition coefficient (Wildman–Crippen LogP) is 5.14. The molecule has 1 fully saturated rings. The molecule has 4 nitrogen and oxygen atoms in total. The molecule has 4 rings (SSSR count). The van der Waals surface area contributed by atoms with Crippen LogP contribution in [0.3, 0.4) is 0 Å². The second-order valence-corrected chi connectivity index (χ2v) is 7.54. The Kier molecular flexibility index (Phi) is 5.95. The van der Waals surface area contributed by atoms with Gasteiger partial charge in [0.05, 0.1) is 29.2 Å². The van der Waals surface area contributed by atoms with Gasteiger partial charge >= 0.3 is 0 Å². The maximum Gasteiger partial charge on any atom is 0.137 e. The molecular formula is C22H26ClN3O. The first-order valence-electron chi connectivity index (χ1n) is 9.85. The van der Waals surface area contributed by atoms with E-state index < -0.39 is 0 Å². The number of fused-ring (bicyclic) bond motifs is 1. The van der Waals surface area contributed by atoms with Crippen molar-refractivity contribution in [2.24, 2.45) is 0 Å². The normalized spacial score (nSPS) is 14.9. The number of para-hydroxylation sites is 3. The average molecular weight is 384 g/mol. The topological polar surface area (TPSA) is 30.3 Å². The van der Waals surface area contributed by atoms with E-state index in [0.717, 1.165) is 37.2 Å². The van der Waals surface area contributed by atoms with Gasteiger partial charge in [0.25, 0.3) is 0 Å². The summed E-state index contributed by atoms with van der Waals surface area (Å²) in [6.07, 6.45) is 4.65. The molecule has 0 saturated carbocycles. The van der Waals surface area contributed by atoms with Crippen molar-refractivity contribution in [3.63, 3.8) is 0 Å². The minimum Gasteiger partial charge on any atom is -0.492 e. The maximum atomic E-state index is 6.14. The molecule has 0 atom stereocenters. The van der Waals surface area contributed by atoms with E-state index in [1.54, 1.807) is 0 Å². The van der Waals surface area contributed by atoms with Gasteiger partial charge in [-0.15, -0.1) is 0 Å². The Bertz CT molecular complexity index is 886. The van der Waals surface area contributed by atoms with Gasteiger partial charge in [-0.1, -0.05) is 35.9 Å². The van der Waals surface area contributed by atoms with Crippen molar-refractivity contribution in [2.75, 3.05) is 19.7 Å². The van der Waals surface area contributed by atoms with Crippen LogP contribution in [0, 0.1) is 0 Å². The summed E-state index contributed by atoms with van der Waals surface area (Å²) in [5.41, 5.74) is 2.33. The number of hydrogen-bond donors (Lipinski definition) is 0. The second kappa shape index (κ2) is 8.77. The van der Waals surface area contributed by atoms with Gasteiger partial charge in [0, 0.05) is 6.54 Å². The molecule has 5 heteroatoms. The molecular weight excluding hydrogens is 358 g/mol. The number of aromatic nitrogens is 2. The number of imidazole rings is 1. The second-order valence-electron chi connectivity index (χ2n) is 7.14. The summed E-state index contributed by atoms with van der Waals surface area (Å²) >= 11 is 6.14. The lowest BCUT2D eigenvalue weighted by Crippen LogP contribution is -2.21. The zero-order valence-corrected chi connectivity index (χ0v) is 16.4. The number of rotatable bonds is 8. The molecule has 0 radical (unpaired) electrons. The molecule has 1 saturated heterocycles. The first-order valence-corrected chi connectivity index (χ1v) is 10.2. The molecule has 0 unspecified atom stereocenters. The van der Waals surface area contributed by atoms with Gasteiger partial charge in [-0.2, -0.15) is 0 Å². The number of unbranched alkanes of at least 4 members (excludes halogenated alkanes) is 1. The summed E-state index contributed by atoms with van der Waals surface area (Å²) in [4.78, 5) is 7.42. The Morgan fingerprint density at radius 1 is 0.963 bits per heavy atom. The summed E-state index contributed by atoms with van der Waals surface area (Å²) in [5.74, 6) is 1.95. The van der Waals surface area contributed by atoms with Crippen LogP contribution in [0.5, 0.6) is 5.75 Å². The largest absolute Gasteiger partial charge is 0.492 e. The van der Waals surface area contributed by atoms with Crippen molar-refractivity contribution in [3.8, 4) is 5.75 Å². The van der Waals surface area contributed by atoms with E-state index in [0.29, 0.717) is 11.6 Å². The number of benzene rings is 2. The van der Waals surface area contributed by atoms with Crippen LogP contribution >= 0.6 is 11.6 Å². The fourth-order valence-electron chi connectivity index (χ4n) is 3.75. The van der Waals surface area contributed by atoms with E-state index in [4.69, 9.17) is 21.3 Å². The summed E-state index contributed by atoms with van der Waals surface area (Å²) in [7, 11) is 0. The van der Waals surface area contributed by atoms with Gasteiger partial charge in [0.15, 0.2) is 0 Å². The summed E-state index contributed by atoms with van der Waals surface area (Å²) < 4.78 is 8.21. The van der Waals surface area contributed by atoms with Crippen LogP contribution in [0.4, 0.5) is 0 Å². The van der Waals surface area contributed by atoms with Crippen molar-refractivity contribution in [2.45, 2.75) is 38.8 Å². The lowest BCUT2D eigenvalue weighted by atomic mass is 10.3. The number of likely N-dealkylation sites (tertiary alicyclic amines) is 1. The standard InChI is InChI=1S/C22H26ClN3O/c23-18-9-1-4-12-21(18)27-16-8-7-15-26-20-11-3-2-10-19(20)24-22(26)17-25-13-5-6-14-25/h1-4,9-12H,5-8,13-17H2. The number of halogens is 1. The fourth-order valence-corrected chi connectivity index (χ4v) is 3.94. The lowest BCUT2D eigenvalue weighted by molar-refractivity contribution is 0.299. The molecule has 0 amide bonds. The van der Waals surface area contributed by atoms with Crippen LogP contribution in [0.25, 0.3) is 11.0 Å². The highest BCUT2D eigenvalue weighted by Gasteiger charge is 2.17. The molecule has 1 aliphatic heterocycles. The molecule has 1 aliphatic rings. The van der Waals surface area contributed by atoms with E-state index in [2.05, 4.69) is 33.7 Å². The van der Waals surface area contributed by atoms with Gasteiger partial charge in [-0.25, -0.2) is 4.98 Å². The number of hydrogen-bond acceptors (Lipinski definition) is 3. The maximum absolute atomic E-state index is 6.14. The Morgan fingerprint density at radius 3 is 2.59 bits per heavy atom. The average Bonchev–Trinajstić information content (AvgIpc) is 3.31. The number of nitrogens with zero attached hydrogens (tertiary/aromatic N) is 3. The summed E-state index contributed by atoms with van der Waals surface area (Å²) in [6.45, 7) is 4.97. The van der Waals surface area contributed by atoms with E-state index in [-0.39, 0.29) is 0 Å². The van der Waals surface area contributed by atoms with Crippen LogP contribution in [-0.4, -0.2) is 34.1 Å². The molecule has 142 valence electrons. The van der Waals surface area contributed by atoms with Crippen molar-refractivity contribution in [3.05, 3.63) is 59.4 Å². The van der Waals surface area contributed by atoms with Crippen molar-refractivity contribution in [1.82, 2.24) is 14.5 Å². The van der Waals surface area contributed by atoms with Gasteiger partial charge < -0.3 is 9.30 Å². The monoisotopic (exact) mass is 383 g/mol. The van der Waals surface area contributed by atoms with Crippen molar-refractivity contribution < 1.29 is 4.74 Å². The summed E-state index contributed by atoms with van der Waals surface area (Å²) in [5, 5.41) is 0.672. The van der Waals surface area contributed by atoms with E-state index in [1.807, 2.05) is 24.3 Å². The highest BCUT2D eigenvalue weighted by Crippen LogP contribution is 2.24. The minimum absolute atomic E-state index is 0.672. The molecule has 3 aromatic rings. The van der Waals surface area contributed by atoms with Crippen LogP contribution in [0.15, 0.2) is 48.5 Å². The molecule has 0 N–H and O–H groups in total. The van der Waals surface area contributed by atoms with Gasteiger partial charge in [-0.3, -0.25) is 4.90 Å². The zero-order valence-electron chi connectivity index (χ0n) is 15.6. The zero-order chi connectivity index (χ0) is 18.5. The Balaban J connectivity index is 1.37. The minimum atomic E-state index is 0.672. The third-order valence-corrected chi connectivity index (χ3v) is 5.48. The molecule has 0 bridgehead atoms. The molecule has 1 aromatic heterocycles. The molecule has 27 heavy (non-hydrogen) atoms. The molecule has 2 heterocycles. The number of aryl methyl sites for hydroxylation is 1. The molecule has 0 spiro atoms. The van der Waals surface area contributed by atoms with Crippen LogP contribution in [0.2, 0.25) is 5.02 Å². The first kappa shape index (κ1) is 18.3. The van der Waals surface area contributed by atoms with Crippen molar-refractivity contribution in [1.29, 1.82) is 0 Å². The van der Waals surface area contributed by atoms with Gasteiger partial charge in [-0.05, 0) is 63.0 Å². The van der Waals surface area contributed by atoms with Crippen molar-refractivity contribution >= 4 is 22.6 Å². The third kappa shape index (κ3) is 4.45. The van der Waals surface area contributed by atoms with E-state index in [9.17, 15) is 0 Å². The smallest absolute Gasteiger partial charge is 0.137 e. The lowest BCUT2D eigenvalue weighted by Gasteiger charge is -2.16.